The second-order valence-electron chi connectivity index (χ2n) is 11.9. The molecular formula is C32H54O9S. The maximum absolute atomic E-state index is 12.7. The molecule has 0 aliphatic carbocycles. The predicted molar refractivity (Wildman–Crippen MR) is 166 cm³/mol. The molecule has 0 amide bonds. The Morgan fingerprint density at radius 2 is 1.86 bits per heavy atom. The third-order valence-corrected chi connectivity index (χ3v) is 8.33. The van der Waals surface area contributed by atoms with E-state index in [0.29, 0.717) is 0 Å². The zero-order valence-corrected chi connectivity index (χ0v) is 27.7. The van der Waals surface area contributed by atoms with Gasteiger partial charge in [-0.25, -0.2) is 0 Å². The van der Waals surface area contributed by atoms with Crippen molar-refractivity contribution in [2.45, 2.75) is 122 Å². The minimum atomic E-state index is -1.41. The molecule has 2 aliphatic heterocycles. The molecule has 242 valence electrons. The van der Waals surface area contributed by atoms with Crippen molar-refractivity contribution in [1.29, 1.82) is 0 Å². The number of carbonyl (C=O) groups excluding carboxylic acids is 2. The van der Waals surface area contributed by atoms with Crippen LogP contribution in [0, 0.1) is 17.8 Å². The van der Waals surface area contributed by atoms with Gasteiger partial charge in [0.15, 0.2) is 0 Å². The zero-order chi connectivity index (χ0) is 30.9. The number of hydrogen-bond acceptors (Lipinski definition) is 9. The summed E-state index contributed by atoms with van der Waals surface area (Å²) in [7, 11) is 3.43. The first kappa shape index (κ1) is 38.3. The van der Waals surface area contributed by atoms with Crippen LogP contribution in [0.15, 0.2) is 36.0 Å². The van der Waals surface area contributed by atoms with Gasteiger partial charge in [0.2, 0.25) is 0 Å². The largest absolute Gasteiger partial charge is 0.457 e. The van der Waals surface area contributed by atoms with Gasteiger partial charge >= 0.3 is 11.9 Å². The molecule has 0 unspecified atom stereocenters. The van der Waals surface area contributed by atoms with E-state index in [1.165, 1.54) is 6.92 Å². The summed E-state index contributed by atoms with van der Waals surface area (Å²) in [4.78, 5) is 24.4. The van der Waals surface area contributed by atoms with Crippen LogP contribution in [0.1, 0.15) is 74.1 Å². The molecule has 0 saturated carbocycles. The molecule has 1 fully saturated rings. The fraction of sp³-hybridized carbons (Fsp3) is 0.750. The Bertz CT molecular complexity index is 942. The van der Waals surface area contributed by atoms with Crippen molar-refractivity contribution in [3.63, 3.8) is 0 Å². The van der Waals surface area contributed by atoms with E-state index < -0.39 is 35.9 Å². The summed E-state index contributed by atoms with van der Waals surface area (Å²) < 4.78 is 28.6. The molecule has 2 aliphatic rings. The maximum atomic E-state index is 12.7. The van der Waals surface area contributed by atoms with Gasteiger partial charge in [-0.15, -0.1) is 0 Å². The number of rotatable bonds is 11. The second-order valence-corrected chi connectivity index (χ2v) is 11.9. The average molecular weight is 615 g/mol. The fourth-order valence-electron chi connectivity index (χ4n) is 5.65. The van der Waals surface area contributed by atoms with E-state index in [4.69, 9.17) is 23.7 Å². The van der Waals surface area contributed by atoms with Crippen LogP contribution in [0.2, 0.25) is 0 Å². The lowest BCUT2D eigenvalue weighted by Crippen LogP contribution is -2.42. The lowest BCUT2D eigenvalue weighted by atomic mass is 9.88. The van der Waals surface area contributed by atoms with Gasteiger partial charge in [0.1, 0.15) is 23.9 Å². The minimum Gasteiger partial charge on any atom is -0.457 e. The first-order chi connectivity index (χ1) is 19.2. The van der Waals surface area contributed by atoms with Crippen molar-refractivity contribution in [3.05, 3.63) is 36.0 Å². The molecular weight excluding hydrogens is 560 g/mol. The zero-order valence-electron chi connectivity index (χ0n) is 26.7. The summed E-state index contributed by atoms with van der Waals surface area (Å²) >= 11 is 0. The quantitative estimate of drug-likeness (QED) is 0.151. The lowest BCUT2D eigenvalue weighted by molar-refractivity contribution is -0.157. The van der Waals surface area contributed by atoms with Crippen molar-refractivity contribution in [1.82, 2.24) is 0 Å². The summed E-state index contributed by atoms with van der Waals surface area (Å²) in [5, 5.41) is 21.4. The average Bonchev–Trinajstić information content (AvgIpc) is 3.69. The van der Waals surface area contributed by atoms with Crippen LogP contribution in [0.3, 0.4) is 0 Å². The number of epoxide rings is 1. The molecule has 9 nitrogen and oxygen atoms in total. The molecule has 2 rings (SSSR count). The Morgan fingerprint density at radius 3 is 2.43 bits per heavy atom. The van der Waals surface area contributed by atoms with Crippen molar-refractivity contribution < 1.29 is 43.5 Å². The Balaban J connectivity index is 0.00000882. The van der Waals surface area contributed by atoms with Gasteiger partial charge in [-0.1, -0.05) is 52.0 Å². The summed E-state index contributed by atoms with van der Waals surface area (Å²) in [6.45, 7) is 12.9. The van der Waals surface area contributed by atoms with Gasteiger partial charge in [0.25, 0.3) is 0 Å². The molecule has 42 heavy (non-hydrogen) atoms. The van der Waals surface area contributed by atoms with E-state index in [0.717, 1.165) is 12.0 Å². The van der Waals surface area contributed by atoms with E-state index in [1.807, 2.05) is 32.1 Å². The van der Waals surface area contributed by atoms with Gasteiger partial charge in [-0.3, -0.25) is 9.59 Å². The van der Waals surface area contributed by atoms with E-state index >= 15 is 0 Å². The first-order valence-corrected chi connectivity index (χ1v) is 14.8. The van der Waals surface area contributed by atoms with E-state index in [-0.39, 0.29) is 74.9 Å². The van der Waals surface area contributed by atoms with E-state index in [1.54, 1.807) is 33.3 Å². The van der Waals surface area contributed by atoms with Gasteiger partial charge in [0.05, 0.1) is 30.8 Å². The van der Waals surface area contributed by atoms with Gasteiger partial charge in [-0.2, -0.15) is 13.5 Å². The number of methoxy groups -OCH3 is 2. The second kappa shape index (κ2) is 17.6. The van der Waals surface area contributed by atoms with Crippen LogP contribution < -0.4 is 0 Å². The molecule has 2 heterocycles. The number of esters is 2. The van der Waals surface area contributed by atoms with Crippen LogP contribution in [-0.4, -0.2) is 84.7 Å². The molecule has 0 radical (unpaired) electrons. The number of ether oxygens (including phenoxy) is 5. The predicted octanol–water partition coefficient (Wildman–Crippen LogP) is 4.41. The number of cyclic esters (lactones) is 1. The Hall–Kier alpha value is -1.69. The normalized spacial score (nSPS) is 34.5. The smallest absolute Gasteiger partial charge is 0.309 e. The maximum Gasteiger partial charge on any atom is 0.309 e. The number of aliphatic hydroxyl groups excluding tert-OH is 1. The topological polar surface area (TPSA) is 124 Å². The molecule has 0 aromatic carbocycles. The summed E-state index contributed by atoms with van der Waals surface area (Å²) in [6.07, 6.45) is 7.91. The molecule has 0 spiro atoms. The van der Waals surface area contributed by atoms with Crippen molar-refractivity contribution in [3.8, 4) is 0 Å². The van der Waals surface area contributed by atoms with E-state index in [9.17, 15) is 19.8 Å². The molecule has 10 heteroatoms. The highest BCUT2D eigenvalue weighted by Gasteiger charge is 2.51. The highest BCUT2D eigenvalue weighted by atomic mass is 32.1. The van der Waals surface area contributed by atoms with Crippen molar-refractivity contribution in [2.24, 2.45) is 17.8 Å². The molecule has 2 N–H and O–H groups in total. The Labute approximate surface area is 259 Å². The Kier molecular flexibility index (Phi) is 16.0. The van der Waals surface area contributed by atoms with Crippen molar-refractivity contribution >= 4 is 25.4 Å². The third-order valence-electron chi connectivity index (χ3n) is 8.33. The summed E-state index contributed by atoms with van der Waals surface area (Å²) in [5.41, 5.74) is -0.609. The lowest BCUT2D eigenvalue weighted by Gasteiger charge is -2.32. The van der Waals surface area contributed by atoms with Crippen LogP contribution in [0.5, 0.6) is 0 Å². The van der Waals surface area contributed by atoms with Crippen LogP contribution in [0.4, 0.5) is 0 Å². The molecule has 0 aromatic rings. The SMILES string of the molecule is CC[C@H](OC)[C@@H](C)[C@H]1O[C@@H]1[C@@H](OC)[C@H](C)/C=C/C=C(\C)[C@H]1OC(=O)C[C@H](O)CC[C@@](C)(O)[C@@H](OC(C)=O)/C=C/[C@@H]1C.S. The fourth-order valence-corrected chi connectivity index (χ4v) is 5.65. The standard InChI is InChI=1S/C32H52O9.H2S/c1-10-25(37-8)22(5)30-31(41-30)29(38-9)20(3)13-11-12-19(2)28-21(4)14-15-26(39-23(6)33)32(7,36)17-16-24(34)18-27(35)40-28;/h11-15,20-22,24-26,28-31,34,36H,10,16-18H2,1-9H3;1H2/b13-11+,15-14+,19-12+;/t20-,21+,22-,24-,25+,26+,28-,29+,30-,31-,32-;/m1./s1. The molecule has 1 saturated heterocycles. The minimum absolute atomic E-state index is 0. The van der Waals surface area contributed by atoms with Crippen LogP contribution in [-0.2, 0) is 33.3 Å². The van der Waals surface area contributed by atoms with Crippen LogP contribution in [0.25, 0.3) is 0 Å². The Morgan fingerprint density at radius 1 is 1.19 bits per heavy atom. The van der Waals surface area contributed by atoms with Gasteiger partial charge < -0.3 is 33.9 Å². The van der Waals surface area contributed by atoms with Crippen molar-refractivity contribution in [2.75, 3.05) is 14.2 Å². The number of allylic oxidation sites excluding steroid dienone is 2. The monoisotopic (exact) mass is 614 g/mol. The summed E-state index contributed by atoms with van der Waals surface area (Å²) in [5.74, 6) is -1.01. The molecule has 11 atom stereocenters. The molecule has 0 bridgehead atoms. The number of carbonyl (C=O) groups is 2. The molecule has 0 aromatic heterocycles. The van der Waals surface area contributed by atoms with Gasteiger partial charge in [0, 0.05) is 38.9 Å². The van der Waals surface area contributed by atoms with Gasteiger partial charge in [-0.05, 0) is 44.8 Å². The van der Waals surface area contributed by atoms with E-state index in [2.05, 4.69) is 20.8 Å². The first-order valence-electron chi connectivity index (χ1n) is 14.8. The third kappa shape index (κ3) is 11.1. The van der Waals surface area contributed by atoms with Crippen LogP contribution >= 0.6 is 13.5 Å². The highest BCUT2D eigenvalue weighted by Crippen LogP contribution is 2.38. The number of aliphatic hydroxyl groups is 2. The highest BCUT2D eigenvalue weighted by molar-refractivity contribution is 7.59. The summed E-state index contributed by atoms with van der Waals surface area (Å²) in [6, 6.07) is 0. The number of hydrogen-bond donors (Lipinski definition) is 2.